The van der Waals surface area contributed by atoms with Gasteiger partial charge in [-0.15, -0.1) is 22.7 Å². The van der Waals surface area contributed by atoms with Gasteiger partial charge in [0.05, 0.1) is 18.7 Å². The zero-order valence-corrected chi connectivity index (χ0v) is 29.6. The number of benzene rings is 1. The van der Waals surface area contributed by atoms with Crippen LogP contribution < -0.4 is 9.26 Å². The summed E-state index contributed by atoms with van der Waals surface area (Å²) in [5.41, 5.74) is 8.55. The van der Waals surface area contributed by atoms with E-state index >= 15 is 0 Å². The Kier molecular flexibility index (Phi) is 8.28. The first-order chi connectivity index (χ1) is 17.7. The summed E-state index contributed by atoms with van der Waals surface area (Å²) in [6, 6.07) is 8.95. The highest BCUT2D eigenvalue weighted by molar-refractivity contribution is 7.37. The summed E-state index contributed by atoms with van der Waals surface area (Å²) in [6.45, 7) is 31.5. The van der Waals surface area contributed by atoms with Gasteiger partial charge in [0.1, 0.15) is 16.1 Å². The van der Waals surface area contributed by atoms with Crippen molar-refractivity contribution >= 4 is 68.8 Å². The molecule has 0 unspecified atom stereocenters. The van der Waals surface area contributed by atoms with Crippen molar-refractivity contribution in [2.45, 2.75) is 123 Å². The first-order valence-electron chi connectivity index (χ1n) is 14.6. The molecule has 0 radical (unpaired) electrons. The van der Waals surface area contributed by atoms with E-state index in [0.717, 1.165) is 11.3 Å². The van der Waals surface area contributed by atoms with E-state index in [1.54, 1.807) is 0 Å². The van der Waals surface area contributed by atoms with Gasteiger partial charge in [-0.3, -0.25) is 4.57 Å². The number of nitrogens with zero attached hydrogens (tertiary/aromatic N) is 3. The van der Waals surface area contributed by atoms with Crippen LogP contribution in [0.5, 0.6) is 0 Å². The maximum Gasteiger partial charge on any atom is 0.158 e. The Labute approximate surface area is 241 Å². The second kappa shape index (κ2) is 10.6. The summed E-state index contributed by atoms with van der Waals surface area (Å²) in [5, 5.41) is 0. The van der Waals surface area contributed by atoms with Crippen LogP contribution in [0.1, 0.15) is 88.6 Å². The molecule has 4 aromatic rings. The minimum absolute atomic E-state index is 0.640. The summed E-state index contributed by atoms with van der Waals surface area (Å²) < 4.78 is 7.97. The molecule has 4 rings (SSSR count). The first kappa shape index (κ1) is 29.7. The highest BCUT2D eigenvalue weighted by Crippen LogP contribution is 2.46. The fraction of sp³-hybridized carbons (Fsp3) is 0.613. The fourth-order valence-electron chi connectivity index (χ4n) is 8.11. The van der Waals surface area contributed by atoms with Crippen LogP contribution >= 0.6 is 22.7 Å². The lowest BCUT2D eigenvalue weighted by atomic mass is 10.2. The monoisotopic (exact) mass is 583 g/mol. The summed E-state index contributed by atoms with van der Waals surface area (Å²) in [7, 11) is -3.73. The van der Waals surface area contributed by atoms with E-state index in [2.05, 4.69) is 119 Å². The second-order valence-electron chi connectivity index (χ2n) is 13.3. The molecular weight excluding hydrogens is 535 g/mol. The molecule has 3 nitrogen and oxygen atoms in total. The van der Waals surface area contributed by atoms with Gasteiger partial charge in [-0.25, -0.2) is 9.97 Å². The number of aromatic nitrogens is 3. The maximum absolute atomic E-state index is 5.58. The lowest BCUT2D eigenvalue weighted by molar-refractivity contribution is 0.833. The Morgan fingerprint density at radius 2 is 0.868 bits per heavy atom. The number of aryl methyl sites for hydroxylation is 1. The third-order valence-corrected chi connectivity index (χ3v) is 27.4. The average Bonchev–Trinajstić information content (AvgIpc) is 3.45. The van der Waals surface area contributed by atoms with Crippen LogP contribution in [0, 0.1) is 6.92 Å². The molecule has 0 spiro atoms. The Balaban J connectivity index is 2.13. The molecule has 0 fully saturated rings. The van der Waals surface area contributed by atoms with Crippen molar-refractivity contribution in [1.82, 2.24) is 14.5 Å². The Hall–Kier alpha value is -1.29. The van der Waals surface area contributed by atoms with Gasteiger partial charge in [0.25, 0.3) is 0 Å². The van der Waals surface area contributed by atoms with E-state index in [1.165, 1.54) is 29.9 Å². The summed E-state index contributed by atoms with van der Waals surface area (Å²) in [6.07, 6.45) is 0. The highest BCUT2D eigenvalue weighted by atomic mass is 32.1. The van der Waals surface area contributed by atoms with Crippen molar-refractivity contribution < 1.29 is 0 Å². The molecule has 0 saturated carbocycles. The van der Waals surface area contributed by atoms with Gasteiger partial charge in [0.15, 0.2) is 11.3 Å². The molecule has 7 heteroatoms. The predicted octanol–water partition coefficient (Wildman–Crippen LogP) is 9.78. The van der Waals surface area contributed by atoms with Crippen LogP contribution in [0.15, 0.2) is 24.3 Å². The molecule has 0 N–H and O–H groups in total. The Morgan fingerprint density at radius 3 is 1.16 bits per heavy atom. The fourth-order valence-corrected chi connectivity index (χ4v) is 27.7. The quantitative estimate of drug-likeness (QED) is 0.184. The second-order valence-corrected chi connectivity index (χ2v) is 27.6. The molecule has 208 valence electrons. The standard InChI is InChI=1S/C31H49N3S2Si2/c1-18(2)37(19(3)4,20(5)6)30-32-28-26(35-30)27-29(34(28)25-16-14-24(13)15-17-25)33-31(36-27)38(21(7)8,22(9)10)23(11)12/h14-23H,1-13H3. The van der Waals surface area contributed by atoms with E-state index in [-0.39, 0.29) is 0 Å². The van der Waals surface area contributed by atoms with Crippen LogP contribution in [-0.4, -0.2) is 30.7 Å². The van der Waals surface area contributed by atoms with E-state index < -0.39 is 16.1 Å². The number of thiazole rings is 2. The summed E-state index contributed by atoms with van der Waals surface area (Å²) in [5.74, 6) is 0. The molecule has 0 amide bonds. The third-order valence-electron chi connectivity index (χ3n) is 9.61. The van der Waals surface area contributed by atoms with Crippen LogP contribution in [0.4, 0.5) is 0 Å². The van der Waals surface area contributed by atoms with Crippen molar-refractivity contribution in [3.8, 4) is 5.69 Å². The minimum atomic E-state index is -1.87. The molecule has 1 aromatic carbocycles. The SMILES string of the molecule is Cc1ccc(-n2c3nc([Si](C(C)C)(C(C)C)C(C)C)sc3c3sc([Si](C(C)C)(C(C)C)C(C)C)nc32)cc1. The van der Waals surface area contributed by atoms with Crippen LogP contribution in [0.3, 0.4) is 0 Å². The summed E-state index contributed by atoms with van der Waals surface area (Å²) in [4.78, 5) is 11.2. The molecule has 0 bridgehead atoms. The molecule has 0 aliphatic heterocycles. The Morgan fingerprint density at radius 1 is 0.553 bits per heavy atom. The van der Waals surface area contributed by atoms with Gasteiger partial charge in [-0.1, -0.05) is 101 Å². The lowest BCUT2D eigenvalue weighted by Crippen LogP contribution is -2.55. The van der Waals surface area contributed by atoms with Crippen molar-refractivity contribution in [1.29, 1.82) is 0 Å². The number of hydrogen-bond acceptors (Lipinski definition) is 4. The molecule has 0 atom stereocenters. The first-order valence-corrected chi connectivity index (χ1v) is 20.7. The summed E-state index contributed by atoms with van der Waals surface area (Å²) >= 11 is 4.00. The van der Waals surface area contributed by atoms with Crippen molar-refractivity contribution in [3.63, 3.8) is 0 Å². The van der Waals surface area contributed by atoms with Crippen LogP contribution in [0.25, 0.3) is 26.4 Å². The molecule has 3 heterocycles. The van der Waals surface area contributed by atoms with Gasteiger partial charge < -0.3 is 0 Å². The van der Waals surface area contributed by atoms with E-state index in [0.29, 0.717) is 33.2 Å². The molecule has 0 aliphatic carbocycles. The molecule has 0 saturated heterocycles. The predicted molar refractivity (Wildman–Crippen MR) is 178 cm³/mol. The smallest absolute Gasteiger partial charge is 0.158 e. The zero-order chi connectivity index (χ0) is 28.3. The Bertz CT molecular complexity index is 1280. The zero-order valence-electron chi connectivity index (χ0n) is 25.9. The van der Waals surface area contributed by atoms with E-state index in [1.807, 2.05) is 22.7 Å². The van der Waals surface area contributed by atoms with E-state index in [9.17, 15) is 0 Å². The number of rotatable bonds is 9. The van der Waals surface area contributed by atoms with Crippen molar-refractivity contribution in [3.05, 3.63) is 29.8 Å². The average molecular weight is 584 g/mol. The van der Waals surface area contributed by atoms with Gasteiger partial charge >= 0.3 is 0 Å². The molecule has 3 aromatic heterocycles. The number of hydrogen-bond donors (Lipinski definition) is 0. The molecule has 0 aliphatic rings. The van der Waals surface area contributed by atoms with Crippen LogP contribution in [-0.2, 0) is 0 Å². The van der Waals surface area contributed by atoms with Crippen LogP contribution in [0.2, 0.25) is 33.2 Å². The lowest BCUT2D eigenvalue weighted by Gasteiger charge is -2.41. The van der Waals surface area contributed by atoms with Crippen molar-refractivity contribution in [2.75, 3.05) is 0 Å². The van der Waals surface area contributed by atoms with E-state index in [4.69, 9.17) is 9.97 Å². The number of fused-ring (bicyclic) bond motifs is 3. The molecule has 38 heavy (non-hydrogen) atoms. The van der Waals surface area contributed by atoms with Gasteiger partial charge in [0.2, 0.25) is 0 Å². The normalized spacial score (nSPS) is 13.8. The molecular formula is C31H49N3S2Si2. The maximum atomic E-state index is 5.58. The minimum Gasteiger partial charge on any atom is -0.277 e. The van der Waals surface area contributed by atoms with Gasteiger partial charge in [-0.05, 0) is 52.3 Å². The largest absolute Gasteiger partial charge is 0.277 e. The third kappa shape index (κ3) is 4.22. The van der Waals surface area contributed by atoms with Crippen molar-refractivity contribution in [2.24, 2.45) is 0 Å². The topological polar surface area (TPSA) is 30.7 Å². The van der Waals surface area contributed by atoms with Gasteiger partial charge in [0, 0.05) is 5.69 Å². The highest BCUT2D eigenvalue weighted by Gasteiger charge is 2.49. The van der Waals surface area contributed by atoms with Gasteiger partial charge in [-0.2, -0.15) is 0 Å².